The van der Waals surface area contributed by atoms with E-state index in [1.54, 1.807) is 6.33 Å². The summed E-state index contributed by atoms with van der Waals surface area (Å²) in [6.07, 6.45) is 4.77. The predicted octanol–water partition coefficient (Wildman–Crippen LogP) is 2.01. The van der Waals surface area contributed by atoms with Crippen LogP contribution in [0.2, 0.25) is 0 Å². The lowest BCUT2D eigenvalue weighted by atomic mass is 10.0. The molecule has 1 amide bonds. The zero-order valence-corrected chi connectivity index (χ0v) is 11.3. The Bertz CT molecular complexity index is 439. The zero-order valence-electron chi connectivity index (χ0n) is 11.3. The van der Waals surface area contributed by atoms with E-state index in [1.165, 1.54) is 0 Å². The van der Waals surface area contributed by atoms with Crippen molar-refractivity contribution in [2.75, 3.05) is 6.54 Å². The molecule has 0 saturated heterocycles. The van der Waals surface area contributed by atoms with Gasteiger partial charge in [-0.1, -0.05) is 32.6 Å². The maximum Gasteiger partial charge on any atom is 0.223 e. The molecule has 0 aliphatic heterocycles. The van der Waals surface area contributed by atoms with Crippen molar-refractivity contribution in [3.8, 4) is 11.8 Å². The molecule has 4 nitrogen and oxygen atoms in total. The Hall–Kier alpha value is -1.76. The van der Waals surface area contributed by atoms with Crippen molar-refractivity contribution in [3.63, 3.8) is 0 Å². The van der Waals surface area contributed by atoms with E-state index in [0.29, 0.717) is 6.54 Å². The summed E-state index contributed by atoms with van der Waals surface area (Å²) in [5.74, 6) is 5.98. The van der Waals surface area contributed by atoms with Crippen molar-refractivity contribution in [2.45, 2.75) is 40.0 Å². The van der Waals surface area contributed by atoms with Crippen LogP contribution in [0, 0.1) is 24.7 Å². The standard InChI is InChI=1S/C14H21N3O/c1-4-5-7-11(2)14(18)15-9-6-8-13-12(3)16-10-17-13/h10-11H,4-5,7,9H2,1-3H3,(H,15,18)(H,16,17)/t11-/m0/s1. The van der Waals surface area contributed by atoms with Crippen molar-refractivity contribution in [3.05, 3.63) is 17.7 Å². The highest BCUT2D eigenvalue weighted by Crippen LogP contribution is 2.06. The van der Waals surface area contributed by atoms with Gasteiger partial charge in [0.25, 0.3) is 0 Å². The molecule has 1 atom stereocenters. The van der Waals surface area contributed by atoms with Crippen LogP contribution in [0.25, 0.3) is 0 Å². The molecule has 0 saturated carbocycles. The number of amides is 1. The molecule has 0 radical (unpaired) electrons. The van der Waals surface area contributed by atoms with Crippen molar-refractivity contribution in [1.82, 2.24) is 15.3 Å². The largest absolute Gasteiger partial charge is 0.348 e. The average molecular weight is 247 g/mol. The molecule has 18 heavy (non-hydrogen) atoms. The van der Waals surface area contributed by atoms with Gasteiger partial charge in [-0.05, 0) is 19.3 Å². The third-order valence-corrected chi connectivity index (χ3v) is 2.83. The van der Waals surface area contributed by atoms with Crippen LogP contribution in [0.3, 0.4) is 0 Å². The van der Waals surface area contributed by atoms with Crippen LogP contribution >= 0.6 is 0 Å². The fourth-order valence-electron chi connectivity index (χ4n) is 1.56. The monoisotopic (exact) mass is 247 g/mol. The first kappa shape index (κ1) is 14.3. The molecule has 0 aliphatic carbocycles. The summed E-state index contributed by atoms with van der Waals surface area (Å²) in [6.45, 7) is 6.38. The lowest BCUT2D eigenvalue weighted by Crippen LogP contribution is -2.29. The molecule has 4 heteroatoms. The van der Waals surface area contributed by atoms with Crippen LogP contribution < -0.4 is 5.32 Å². The molecular formula is C14H21N3O. The number of unbranched alkanes of at least 4 members (excludes halogenated alkanes) is 1. The first-order valence-corrected chi connectivity index (χ1v) is 6.41. The summed E-state index contributed by atoms with van der Waals surface area (Å²) < 4.78 is 0. The van der Waals surface area contributed by atoms with Gasteiger partial charge in [0.05, 0.1) is 12.9 Å². The second-order valence-corrected chi connectivity index (χ2v) is 4.44. The zero-order chi connectivity index (χ0) is 13.4. The van der Waals surface area contributed by atoms with E-state index in [9.17, 15) is 4.79 Å². The smallest absolute Gasteiger partial charge is 0.223 e. The van der Waals surface area contributed by atoms with Gasteiger partial charge in [0.2, 0.25) is 5.91 Å². The van der Waals surface area contributed by atoms with Crippen LogP contribution in [0.15, 0.2) is 6.33 Å². The minimum Gasteiger partial charge on any atom is -0.348 e. The second kappa shape index (κ2) is 7.54. The Morgan fingerprint density at radius 3 is 3.00 bits per heavy atom. The van der Waals surface area contributed by atoms with Crippen molar-refractivity contribution >= 4 is 5.91 Å². The minimum atomic E-state index is 0.0684. The van der Waals surface area contributed by atoms with Gasteiger partial charge >= 0.3 is 0 Å². The first-order chi connectivity index (χ1) is 8.65. The molecule has 2 N–H and O–H groups in total. The molecule has 0 fully saturated rings. The van der Waals surface area contributed by atoms with E-state index < -0.39 is 0 Å². The number of carbonyl (C=O) groups excluding carboxylic acids is 1. The number of aromatic nitrogens is 2. The SMILES string of the molecule is CCCC[C@H](C)C(=O)NCC#Cc1nc[nH]c1C. The van der Waals surface area contributed by atoms with Gasteiger partial charge in [-0.2, -0.15) is 0 Å². The number of hydrogen-bond donors (Lipinski definition) is 2. The highest BCUT2D eigenvalue weighted by molar-refractivity contribution is 5.78. The second-order valence-electron chi connectivity index (χ2n) is 4.44. The molecule has 1 rings (SSSR count). The van der Waals surface area contributed by atoms with Gasteiger partial charge in [0, 0.05) is 11.6 Å². The molecule has 1 heterocycles. The summed E-state index contributed by atoms with van der Waals surface area (Å²) in [5, 5.41) is 2.82. The van der Waals surface area contributed by atoms with E-state index in [2.05, 4.69) is 34.0 Å². The van der Waals surface area contributed by atoms with E-state index >= 15 is 0 Å². The van der Waals surface area contributed by atoms with E-state index in [0.717, 1.165) is 30.7 Å². The van der Waals surface area contributed by atoms with Gasteiger partial charge < -0.3 is 10.3 Å². The minimum absolute atomic E-state index is 0.0684. The Labute approximate surface area is 109 Å². The van der Waals surface area contributed by atoms with Crippen molar-refractivity contribution in [2.24, 2.45) is 5.92 Å². The maximum absolute atomic E-state index is 11.7. The molecule has 0 unspecified atom stereocenters. The normalized spacial score (nSPS) is 11.5. The van der Waals surface area contributed by atoms with Crippen LogP contribution in [-0.4, -0.2) is 22.4 Å². The Morgan fingerprint density at radius 2 is 2.39 bits per heavy atom. The number of hydrogen-bond acceptors (Lipinski definition) is 2. The predicted molar refractivity (Wildman–Crippen MR) is 71.9 cm³/mol. The number of nitrogens with one attached hydrogen (secondary N) is 2. The Balaban J connectivity index is 2.32. The van der Waals surface area contributed by atoms with E-state index in [1.807, 2.05) is 13.8 Å². The third kappa shape index (κ3) is 4.62. The fraction of sp³-hybridized carbons (Fsp3) is 0.571. The van der Waals surface area contributed by atoms with Crippen LogP contribution in [0.1, 0.15) is 44.5 Å². The number of rotatable bonds is 5. The Morgan fingerprint density at radius 1 is 1.61 bits per heavy atom. The first-order valence-electron chi connectivity index (χ1n) is 6.41. The number of H-pyrrole nitrogens is 1. The lowest BCUT2D eigenvalue weighted by Gasteiger charge is -2.09. The summed E-state index contributed by atoms with van der Waals surface area (Å²) in [4.78, 5) is 18.7. The van der Waals surface area contributed by atoms with Crippen LogP contribution in [-0.2, 0) is 4.79 Å². The Kier molecular flexibility index (Phi) is 5.99. The van der Waals surface area contributed by atoms with E-state index in [4.69, 9.17) is 0 Å². The quantitative estimate of drug-likeness (QED) is 0.782. The summed E-state index contributed by atoms with van der Waals surface area (Å²) in [6, 6.07) is 0. The topological polar surface area (TPSA) is 57.8 Å². The molecular weight excluding hydrogens is 226 g/mol. The number of aromatic amines is 1. The average Bonchev–Trinajstić information content (AvgIpc) is 2.77. The highest BCUT2D eigenvalue weighted by Gasteiger charge is 2.10. The number of imidazole rings is 1. The number of nitrogens with zero attached hydrogens (tertiary/aromatic N) is 1. The molecule has 0 bridgehead atoms. The molecule has 1 aromatic heterocycles. The van der Waals surface area contributed by atoms with Gasteiger partial charge in [-0.3, -0.25) is 4.79 Å². The molecule has 0 aliphatic rings. The van der Waals surface area contributed by atoms with Crippen LogP contribution in [0.4, 0.5) is 0 Å². The fourth-order valence-corrected chi connectivity index (χ4v) is 1.56. The summed E-state index contributed by atoms with van der Waals surface area (Å²) in [7, 11) is 0. The van der Waals surface area contributed by atoms with Crippen molar-refractivity contribution in [1.29, 1.82) is 0 Å². The molecule has 0 spiro atoms. The van der Waals surface area contributed by atoms with E-state index in [-0.39, 0.29) is 11.8 Å². The van der Waals surface area contributed by atoms with Crippen molar-refractivity contribution < 1.29 is 4.79 Å². The third-order valence-electron chi connectivity index (χ3n) is 2.83. The highest BCUT2D eigenvalue weighted by atomic mass is 16.1. The number of aryl methyl sites for hydroxylation is 1. The van der Waals surface area contributed by atoms with Gasteiger partial charge in [0.15, 0.2) is 0 Å². The van der Waals surface area contributed by atoms with Gasteiger partial charge in [0.1, 0.15) is 5.69 Å². The van der Waals surface area contributed by atoms with Gasteiger partial charge in [-0.25, -0.2) is 4.98 Å². The number of carbonyl (C=O) groups is 1. The summed E-state index contributed by atoms with van der Waals surface area (Å²) in [5.41, 5.74) is 1.69. The molecule has 0 aromatic carbocycles. The van der Waals surface area contributed by atoms with Gasteiger partial charge in [-0.15, -0.1) is 0 Å². The molecule has 98 valence electrons. The van der Waals surface area contributed by atoms with Crippen LogP contribution in [0.5, 0.6) is 0 Å². The maximum atomic E-state index is 11.7. The molecule has 1 aromatic rings. The summed E-state index contributed by atoms with van der Waals surface area (Å²) >= 11 is 0. The lowest BCUT2D eigenvalue weighted by molar-refractivity contribution is -0.124.